The van der Waals surface area contributed by atoms with Gasteiger partial charge in [-0.05, 0) is 25.7 Å². The predicted molar refractivity (Wildman–Crippen MR) is 49.4 cm³/mol. The van der Waals surface area contributed by atoms with Crippen LogP contribution in [0, 0.1) is 0 Å². The fraction of sp³-hybridized carbons (Fsp3) is 0.700. The monoisotopic (exact) mass is 184 g/mol. The largest absolute Gasteiger partial charge is 0.463 e. The van der Waals surface area contributed by atoms with Gasteiger partial charge in [-0.15, -0.1) is 0 Å². The lowest BCUT2D eigenvalue weighted by Gasteiger charge is -2.08. The molecule has 0 amide bonds. The molecule has 13 heavy (non-hydrogen) atoms. The van der Waals surface area contributed by atoms with E-state index in [1.165, 1.54) is 6.08 Å². The SMILES string of the molecule is C=CC(=O)OCCCC1CCCO1. The Morgan fingerprint density at radius 2 is 2.54 bits per heavy atom. The summed E-state index contributed by atoms with van der Waals surface area (Å²) >= 11 is 0. The maximum atomic E-state index is 10.6. The Kier molecular flexibility index (Phi) is 4.54. The molecule has 1 rings (SSSR count). The van der Waals surface area contributed by atoms with E-state index in [1.54, 1.807) is 0 Å². The first-order valence-corrected chi connectivity index (χ1v) is 4.73. The highest BCUT2D eigenvalue weighted by atomic mass is 16.5. The summed E-state index contributed by atoms with van der Waals surface area (Å²) in [5.74, 6) is -0.340. The quantitative estimate of drug-likeness (QED) is 0.370. The molecule has 0 spiro atoms. The first-order chi connectivity index (χ1) is 6.33. The maximum absolute atomic E-state index is 10.6. The lowest BCUT2D eigenvalue weighted by molar-refractivity contribution is -0.138. The topological polar surface area (TPSA) is 35.5 Å². The third kappa shape index (κ3) is 4.08. The van der Waals surface area contributed by atoms with E-state index in [0.717, 1.165) is 32.3 Å². The lowest BCUT2D eigenvalue weighted by Crippen LogP contribution is -2.08. The van der Waals surface area contributed by atoms with Gasteiger partial charge in [0.05, 0.1) is 12.7 Å². The molecule has 1 fully saturated rings. The molecule has 0 aromatic heterocycles. The van der Waals surface area contributed by atoms with E-state index in [4.69, 9.17) is 9.47 Å². The highest BCUT2D eigenvalue weighted by Crippen LogP contribution is 2.16. The minimum atomic E-state index is -0.340. The third-order valence-corrected chi connectivity index (χ3v) is 2.11. The van der Waals surface area contributed by atoms with Crippen LogP contribution < -0.4 is 0 Å². The summed E-state index contributed by atoms with van der Waals surface area (Å²) in [6.45, 7) is 4.68. The Bertz CT molecular complexity index is 171. The molecule has 3 heteroatoms. The first kappa shape index (κ1) is 10.3. The van der Waals surface area contributed by atoms with E-state index in [0.29, 0.717) is 12.7 Å². The minimum absolute atomic E-state index is 0.340. The number of hydrogen-bond acceptors (Lipinski definition) is 3. The molecular weight excluding hydrogens is 168 g/mol. The minimum Gasteiger partial charge on any atom is -0.463 e. The summed E-state index contributed by atoms with van der Waals surface area (Å²) in [5, 5.41) is 0. The Labute approximate surface area is 78.7 Å². The standard InChI is InChI=1S/C10H16O3/c1-2-10(11)13-8-4-6-9-5-3-7-12-9/h2,9H,1,3-8H2. The van der Waals surface area contributed by atoms with Crippen molar-refractivity contribution in [3.63, 3.8) is 0 Å². The van der Waals surface area contributed by atoms with Crippen molar-refractivity contribution in [2.75, 3.05) is 13.2 Å². The van der Waals surface area contributed by atoms with E-state index in [1.807, 2.05) is 0 Å². The molecule has 0 bridgehead atoms. The number of carbonyl (C=O) groups is 1. The molecule has 1 aliphatic rings. The summed E-state index contributed by atoms with van der Waals surface area (Å²) in [4.78, 5) is 10.6. The van der Waals surface area contributed by atoms with Gasteiger partial charge in [0.2, 0.25) is 0 Å². The molecule has 0 aromatic rings. The average molecular weight is 184 g/mol. The van der Waals surface area contributed by atoms with Crippen LogP contribution in [-0.4, -0.2) is 25.3 Å². The van der Waals surface area contributed by atoms with E-state index in [9.17, 15) is 4.79 Å². The molecule has 0 aliphatic carbocycles. The molecule has 1 heterocycles. The second kappa shape index (κ2) is 5.75. The second-order valence-electron chi connectivity index (χ2n) is 3.15. The van der Waals surface area contributed by atoms with Gasteiger partial charge < -0.3 is 9.47 Å². The summed E-state index contributed by atoms with van der Waals surface area (Å²) < 4.78 is 10.3. The molecule has 1 saturated heterocycles. The van der Waals surface area contributed by atoms with Crippen LogP contribution in [0.3, 0.4) is 0 Å². The van der Waals surface area contributed by atoms with Crippen LogP contribution in [-0.2, 0) is 14.3 Å². The van der Waals surface area contributed by atoms with Crippen LogP contribution in [0.15, 0.2) is 12.7 Å². The average Bonchev–Trinajstić information content (AvgIpc) is 2.64. The van der Waals surface area contributed by atoms with Crippen molar-refractivity contribution in [2.45, 2.75) is 31.8 Å². The van der Waals surface area contributed by atoms with Gasteiger partial charge >= 0.3 is 5.97 Å². The Hall–Kier alpha value is -0.830. The number of ether oxygens (including phenoxy) is 2. The summed E-state index contributed by atoms with van der Waals surface area (Å²) in [6.07, 6.45) is 5.76. The zero-order valence-electron chi connectivity index (χ0n) is 7.83. The van der Waals surface area contributed by atoms with Crippen molar-refractivity contribution in [3.05, 3.63) is 12.7 Å². The van der Waals surface area contributed by atoms with Gasteiger partial charge in [0, 0.05) is 12.7 Å². The number of rotatable bonds is 5. The summed E-state index contributed by atoms with van der Waals surface area (Å²) in [6, 6.07) is 0. The van der Waals surface area contributed by atoms with Gasteiger partial charge in [0.25, 0.3) is 0 Å². The van der Waals surface area contributed by atoms with Gasteiger partial charge in [0.1, 0.15) is 0 Å². The highest BCUT2D eigenvalue weighted by molar-refractivity contribution is 5.81. The van der Waals surface area contributed by atoms with Crippen LogP contribution >= 0.6 is 0 Å². The first-order valence-electron chi connectivity index (χ1n) is 4.73. The smallest absolute Gasteiger partial charge is 0.330 e. The van der Waals surface area contributed by atoms with Crippen LogP contribution in [0.1, 0.15) is 25.7 Å². The maximum Gasteiger partial charge on any atom is 0.330 e. The van der Waals surface area contributed by atoms with Gasteiger partial charge in [-0.1, -0.05) is 6.58 Å². The van der Waals surface area contributed by atoms with Gasteiger partial charge in [-0.3, -0.25) is 0 Å². The fourth-order valence-electron chi connectivity index (χ4n) is 1.41. The van der Waals surface area contributed by atoms with Crippen LogP contribution in [0.5, 0.6) is 0 Å². The van der Waals surface area contributed by atoms with E-state index < -0.39 is 0 Å². The van der Waals surface area contributed by atoms with Crippen molar-refractivity contribution in [1.82, 2.24) is 0 Å². The molecule has 74 valence electrons. The second-order valence-corrected chi connectivity index (χ2v) is 3.15. The number of carbonyl (C=O) groups excluding carboxylic acids is 1. The molecule has 1 atom stereocenters. The van der Waals surface area contributed by atoms with E-state index in [2.05, 4.69) is 6.58 Å². The van der Waals surface area contributed by atoms with Gasteiger partial charge in [-0.2, -0.15) is 0 Å². The van der Waals surface area contributed by atoms with E-state index in [-0.39, 0.29) is 5.97 Å². The van der Waals surface area contributed by atoms with Crippen molar-refractivity contribution in [1.29, 1.82) is 0 Å². The van der Waals surface area contributed by atoms with Crippen molar-refractivity contribution in [3.8, 4) is 0 Å². The molecule has 0 N–H and O–H groups in total. The normalized spacial score (nSPS) is 21.4. The van der Waals surface area contributed by atoms with E-state index >= 15 is 0 Å². The molecular formula is C10H16O3. The Balaban J connectivity index is 1.94. The fourth-order valence-corrected chi connectivity index (χ4v) is 1.41. The Morgan fingerprint density at radius 1 is 1.69 bits per heavy atom. The predicted octanol–water partition coefficient (Wildman–Crippen LogP) is 1.67. The number of esters is 1. The van der Waals surface area contributed by atoms with Crippen LogP contribution in [0.25, 0.3) is 0 Å². The van der Waals surface area contributed by atoms with Crippen molar-refractivity contribution in [2.24, 2.45) is 0 Å². The van der Waals surface area contributed by atoms with Crippen molar-refractivity contribution >= 4 is 5.97 Å². The highest BCUT2D eigenvalue weighted by Gasteiger charge is 2.14. The number of hydrogen-bond donors (Lipinski definition) is 0. The van der Waals surface area contributed by atoms with Crippen molar-refractivity contribution < 1.29 is 14.3 Å². The summed E-state index contributed by atoms with van der Waals surface area (Å²) in [5.41, 5.74) is 0. The molecule has 0 saturated carbocycles. The zero-order chi connectivity index (χ0) is 9.52. The van der Waals surface area contributed by atoms with Crippen LogP contribution in [0.4, 0.5) is 0 Å². The van der Waals surface area contributed by atoms with Gasteiger partial charge in [-0.25, -0.2) is 4.79 Å². The Morgan fingerprint density at radius 3 is 3.15 bits per heavy atom. The lowest BCUT2D eigenvalue weighted by atomic mass is 10.1. The zero-order valence-corrected chi connectivity index (χ0v) is 7.83. The summed E-state index contributed by atoms with van der Waals surface area (Å²) in [7, 11) is 0. The van der Waals surface area contributed by atoms with Gasteiger partial charge in [0.15, 0.2) is 0 Å². The molecule has 0 radical (unpaired) electrons. The molecule has 1 unspecified atom stereocenters. The van der Waals surface area contributed by atoms with Crippen LogP contribution in [0.2, 0.25) is 0 Å². The molecule has 3 nitrogen and oxygen atoms in total. The molecule has 0 aromatic carbocycles. The third-order valence-electron chi connectivity index (χ3n) is 2.11. The molecule has 1 aliphatic heterocycles.